The molecular formula is C15H24N4O. The monoisotopic (exact) mass is 276 g/mol. The molecule has 1 aliphatic carbocycles. The van der Waals surface area contributed by atoms with Gasteiger partial charge in [-0.3, -0.25) is 4.79 Å². The summed E-state index contributed by atoms with van der Waals surface area (Å²) < 4.78 is 0. The number of nitrogen functional groups attached to an aromatic ring is 1. The first-order valence-electron chi connectivity index (χ1n) is 7.36. The molecule has 0 aromatic carbocycles. The predicted molar refractivity (Wildman–Crippen MR) is 80.2 cm³/mol. The molecule has 1 saturated carbocycles. The number of hydrogen-bond acceptors (Lipinski definition) is 4. The summed E-state index contributed by atoms with van der Waals surface area (Å²) in [6, 6.07) is 3.85. The van der Waals surface area contributed by atoms with E-state index in [0.717, 1.165) is 18.8 Å². The second-order valence-electron chi connectivity index (χ2n) is 5.54. The molecule has 0 spiro atoms. The van der Waals surface area contributed by atoms with E-state index in [2.05, 4.69) is 17.3 Å². The van der Waals surface area contributed by atoms with Crippen LogP contribution in [0.25, 0.3) is 0 Å². The Morgan fingerprint density at radius 3 is 2.75 bits per heavy atom. The Kier molecular flexibility index (Phi) is 4.95. The van der Waals surface area contributed by atoms with Gasteiger partial charge < -0.3 is 10.3 Å². The maximum Gasteiger partial charge on any atom is 0.257 e. The van der Waals surface area contributed by atoms with Crippen LogP contribution in [0.15, 0.2) is 18.3 Å². The molecule has 1 amide bonds. The number of hydrogen-bond donors (Lipinski definition) is 2. The molecule has 5 nitrogen and oxygen atoms in total. The van der Waals surface area contributed by atoms with Gasteiger partial charge in [0.05, 0.1) is 5.56 Å². The SMILES string of the molecule is CCC1CCC(N(C)C(=O)c2cccnc2NN)CC1. The third-order valence-corrected chi connectivity index (χ3v) is 4.44. The van der Waals surface area contributed by atoms with Gasteiger partial charge >= 0.3 is 0 Å². The lowest BCUT2D eigenvalue weighted by atomic mass is 9.84. The second-order valence-corrected chi connectivity index (χ2v) is 5.54. The van der Waals surface area contributed by atoms with Gasteiger partial charge in [0.2, 0.25) is 0 Å². The zero-order valence-corrected chi connectivity index (χ0v) is 12.3. The summed E-state index contributed by atoms with van der Waals surface area (Å²) in [4.78, 5) is 18.5. The van der Waals surface area contributed by atoms with E-state index < -0.39 is 0 Å². The van der Waals surface area contributed by atoms with Crippen molar-refractivity contribution in [2.75, 3.05) is 12.5 Å². The second kappa shape index (κ2) is 6.70. The maximum absolute atomic E-state index is 12.6. The minimum absolute atomic E-state index is 0.00833. The molecule has 0 aliphatic heterocycles. The van der Waals surface area contributed by atoms with Crippen LogP contribution >= 0.6 is 0 Å². The molecule has 110 valence electrons. The number of carbonyl (C=O) groups excluding carboxylic acids is 1. The molecule has 0 atom stereocenters. The average molecular weight is 276 g/mol. The van der Waals surface area contributed by atoms with E-state index in [1.54, 1.807) is 18.3 Å². The number of aromatic nitrogens is 1. The van der Waals surface area contributed by atoms with Gasteiger partial charge in [-0.1, -0.05) is 13.3 Å². The third kappa shape index (κ3) is 3.10. The Hall–Kier alpha value is -1.62. The van der Waals surface area contributed by atoms with Crippen LogP contribution in [0.4, 0.5) is 5.82 Å². The number of anilines is 1. The van der Waals surface area contributed by atoms with Crippen LogP contribution in [0.5, 0.6) is 0 Å². The molecule has 5 heteroatoms. The maximum atomic E-state index is 12.6. The van der Waals surface area contributed by atoms with Crippen LogP contribution in [-0.4, -0.2) is 28.9 Å². The highest BCUT2D eigenvalue weighted by atomic mass is 16.2. The van der Waals surface area contributed by atoms with E-state index in [9.17, 15) is 4.79 Å². The number of rotatable bonds is 4. The smallest absolute Gasteiger partial charge is 0.257 e. The van der Waals surface area contributed by atoms with Crippen LogP contribution in [0.1, 0.15) is 49.4 Å². The Labute approximate surface area is 120 Å². The van der Waals surface area contributed by atoms with Gasteiger partial charge in [0, 0.05) is 19.3 Å². The summed E-state index contributed by atoms with van der Waals surface area (Å²) in [6.07, 6.45) is 7.48. The molecule has 2 rings (SSSR count). The highest BCUT2D eigenvalue weighted by Crippen LogP contribution is 2.29. The Morgan fingerprint density at radius 1 is 1.45 bits per heavy atom. The van der Waals surface area contributed by atoms with Gasteiger partial charge in [0.25, 0.3) is 5.91 Å². The molecule has 0 saturated heterocycles. The number of hydrazine groups is 1. The number of pyridine rings is 1. The molecule has 1 fully saturated rings. The Balaban J connectivity index is 2.05. The van der Waals surface area contributed by atoms with Crippen molar-refractivity contribution >= 4 is 11.7 Å². The summed E-state index contributed by atoms with van der Waals surface area (Å²) in [5, 5.41) is 0. The first-order chi connectivity index (χ1) is 9.67. The van der Waals surface area contributed by atoms with Crippen LogP contribution in [0.2, 0.25) is 0 Å². The highest BCUT2D eigenvalue weighted by Gasteiger charge is 2.27. The van der Waals surface area contributed by atoms with Crippen LogP contribution < -0.4 is 11.3 Å². The van der Waals surface area contributed by atoms with Gasteiger partial charge in [-0.25, -0.2) is 10.8 Å². The molecule has 0 bridgehead atoms. The summed E-state index contributed by atoms with van der Waals surface area (Å²) in [7, 11) is 1.88. The minimum Gasteiger partial charge on any atom is -0.339 e. The number of nitrogens with zero attached hydrogens (tertiary/aromatic N) is 2. The molecule has 1 aliphatic rings. The van der Waals surface area contributed by atoms with Crippen molar-refractivity contribution in [2.24, 2.45) is 11.8 Å². The van der Waals surface area contributed by atoms with Crippen LogP contribution in [0, 0.1) is 5.92 Å². The molecule has 0 unspecified atom stereocenters. The largest absolute Gasteiger partial charge is 0.339 e. The van der Waals surface area contributed by atoms with E-state index in [0.29, 0.717) is 17.4 Å². The van der Waals surface area contributed by atoms with Crippen molar-refractivity contribution in [3.63, 3.8) is 0 Å². The molecule has 20 heavy (non-hydrogen) atoms. The molecule has 1 aromatic rings. The van der Waals surface area contributed by atoms with Gasteiger partial charge in [-0.05, 0) is 43.7 Å². The van der Waals surface area contributed by atoms with E-state index in [4.69, 9.17) is 5.84 Å². The lowest BCUT2D eigenvalue weighted by molar-refractivity contribution is 0.0675. The van der Waals surface area contributed by atoms with Crippen molar-refractivity contribution in [1.82, 2.24) is 9.88 Å². The van der Waals surface area contributed by atoms with Crippen LogP contribution in [0.3, 0.4) is 0 Å². The number of nitrogens with two attached hydrogens (primary N) is 1. The van der Waals surface area contributed by atoms with Gasteiger partial charge in [0.15, 0.2) is 5.82 Å². The number of carbonyl (C=O) groups is 1. The fourth-order valence-corrected chi connectivity index (χ4v) is 2.99. The first-order valence-corrected chi connectivity index (χ1v) is 7.36. The van der Waals surface area contributed by atoms with E-state index >= 15 is 0 Å². The Bertz CT molecular complexity index is 455. The number of nitrogens with one attached hydrogen (secondary N) is 1. The van der Waals surface area contributed by atoms with E-state index in [-0.39, 0.29) is 5.91 Å². The fourth-order valence-electron chi connectivity index (χ4n) is 2.99. The van der Waals surface area contributed by atoms with E-state index in [1.165, 1.54) is 19.3 Å². The van der Waals surface area contributed by atoms with E-state index in [1.807, 2.05) is 11.9 Å². The molecule has 3 N–H and O–H groups in total. The predicted octanol–water partition coefficient (Wildman–Crippen LogP) is 2.41. The lowest BCUT2D eigenvalue weighted by Crippen LogP contribution is -2.39. The van der Waals surface area contributed by atoms with Crippen molar-refractivity contribution in [1.29, 1.82) is 0 Å². The quantitative estimate of drug-likeness (QED) is 0.654. The summed E-state index contributed by atoms with van der Waals surface area (Å²) in [6.45, 7) is 2.24. The molecule has 0 radical (unpaired) electrons. The van der Waals surface area contributed by atoms with Crippen molar-refractivity contribution in [2.45, 2.75) is 45.1 Å². The van der Waals surface area contributed by atoms with Crippen molar-refractivity contribution < 1.29 is 4.79 Å². The fraction of sp³-hybridized carbons (Fsp3) is 0.600. The lowest BCUT2D eigenvalue weighted by Gasteiger charge is -2.34. The molecule has 1 aromatic heterocycles. The standard InChI is InChI=1S/C15H24N4O/c1-3-11-6-8-12(9-7-11)19(2)15(20)13-5-4-10-17-14(13)18-16/h4-5,10-12H,3,6-9,16H2,1-2H3,(H,17,18). The topological polar surface area (TPSA) is 71.2 Å². The van der Waals surface area contributed by atoms with Crippen molar-refractivity contribution in [3.8, 4) is 0 Å². The van der Waals surface area contributed by atoms with Crippen molar-refractivity contribution in [3.05, 3.63) is 23.9 Å². The Morgan fingerprint density at radius 2 is 2.15 bits per heavy atom. The summed E-state index contributed by atoms with van der Waals surface area (Å²) in [5.74, 6) is 6.68. The zero-order valence-electron chi connectivity index (χ0n) is 12.3. The third-order valence-electron chi connectivity index (χ3n) is 4.44. The summed E-state index contributed by atoms with van der Waals surface area (Å²) >= 11 is 0. The van der Waals surface area contributed by atoms with Gasteiger partial charge in [-0.2, -0.15) is 0 Å². The van der Waals surface area contributed by atoms with Gasteiger partial charge in [-0.15, -0.1) is 0 Å². The van der Waals surface area contributed by atoms with Crippen LogP contribution in [-0.2, 0) is 0 Å². The molecule has 1 heterocycles. The molecular weight excluding hydrogens is 252 g/mol. The number of amides is 1. The zero-order chi connectivity index (χ0) is 14.5. The summed E-state index contributed by atoms with van der Waals surface area (Å²) in [5.41, 5.74) is 3.03. The first kappa shape index (κ1) is 14.8. The van der Waals surface area contributed by atoms with Gasteiger partial charge in [0.1, 0.15) is 0 Å². The average Bonchev–Trinajstić information content (AvgIpc) is 2.53. The minimum atomic E-state index is -0.00833. The highest BCUT2D eigenvalue weighted by molar-refractivity contribution is 5.98. The normalized spacial score (nSPS) is 22.4.